The number of rotatable bonds is 6. The first-order valence-electron chi connectivity index (χ1n) is 6.28. The van der Waals surface area contributed by atoms with E-state index in [4.69, 9.17) is 0 Å². The zero-order valence-electron chi connectivity index (χ0n) is 11.6. The van der Waals surface area contributed by atoms with Crippen molar-refractivity contribution in [3.8, 4) is 0 Å². The van der Waals surface area contributed by atoms with Gasteiger partial charge in [0.25, 0.3) is 10.1 Å². The summed E-state index contributed by atoms with van der Waals surface area (Å²) in [6.07, 6.45) is 2.78. The minimum atomic E-state index is -3.41. The van der Waals surface area contributed by atoms with Gasteiger partial charge in [0, 0.05) is 19.4 Å². The van der Waals surface area contributed by atoms with Crippen molar-refractivity contribution < 1.29 is 22.2 Å². The predicted molar refractivity (Wildman–Crippen MR) is 69.8 cm³/mol. The standard InChI is InChI=1S/C12H21NO5S/c1-12(2)8-10(14)13(11(15)9-12)6-4-5-7-18-19(3,16)17/h4-9H2,1-3H3. The molecule has 110 valence electrons. The van der Waals surface area contributed by atoms with E-state index in [9.17, 15) is 18.0 Å². The number of imide groups is 1. The van der Waals surface area contributed by atoms with E-state index in [1.165, 1.54) is 4.90 Å². The van der Waals surface area contributed by atoms with Gasteiger partial charge in [-0.2, -0.15) is 8.42 Å². The van der Waals surface area contributed by atoms with Gasteiger partial charge < -0.3 is 0 Å². The molecule has 1 aliphatic heterocycles. The maximum Gasteiger partial charge on any atom is 0.264 e. The van der Waals surface area contributed by atoms with Crippen molar-refractivity contribution in [2.24, 2.45) is 5.41 Å². The maximum absolute atomic E-state index is 11.8. The number of hydrogen-bond donors (Lipinski definition) is 0. The average molecular weight is 291 g/mol. The summed E-state index contributed by atoms with van der Waals surface area (Å²) in [5.41, 5.74) is -0.260. The van der Waals surface area contributed by atoms with Crippen molar-refractivity contribution in [2.75, 3.05) is 19.4 Å². The first kappa shape index (κ1) is 16.1. The normalized spacial score (nSPS) is 19.8. The molecule has 0 aromatic rings. The van der Waals surface area contributed by atoms with Crippen molar-refractivity contribution in [1.82, 2.24) is 4.90 Å². The highest BCUT2D eigenvalue weighted by molar-refractivity contribution is 7.85. The lowest BCUT2D eigenvalue weighted by Crippen LogP contribution is -2.46. The first-order chi connectivity index (χ1) is 8.61. The third-order valence-electron chi connectivity index (χ3n) is 2.94. The number of hydrogen-bond acceptors (Lipinski definition) is 5. The Bertz CT molecular complexity index is 435. The zero-order valence-corrected chi connectivity index (χ0v) is 12.5. The Hall–Kier alpha value is -0.950. The molecule has 0 spiro atoms. The van der Waals surface area contributed by atoms with E-state index in [0.717, 1.165) is 6.26 Å². The molecule has 0 N–H and O–H groups in total. The molecule has 7 heteroatoms. The molecule has 1 rings (SSSR count). The number of piperidine rings is 1. The summed E-state index contributed by atoms with van der Waals surface area (Å²) in [7, 11) is -3.41. The predicted octanol–water partition coefficient (Wildman–Crippen LogP) is 0.918. The molecule has 1 saturated heterocycles. The van der Waals surface area contributed by atoms with Crippen LogP contribution in [0.5, 0.6) is 0 Å². The number of nitrogens with zero attached hydrogens (tertiary/aromatic N) is 1. The van der Waals surface area contributed by atoms with Gasteiger partial charge in [0.2, 0.25) is 11.8 Å². The lowest BCUT2D eigenvalue weighted by molar-refractivity contribution is -0.152. The topological polar surface area (TPSA) is 80.8 Å². The summed E-state index contributed by atoms with van der Waals surface area (Å²) in [6.45, 7) is 4.22. The number of carbonyl (C=O) groups is 2. The minimum absolute atomic E-state index is 0.0839. The van der Waals surface area contributed by atoms with Crippen molar-refractivity contribution in [3.63, 3.8) is 0 Å². The van der Waals surface area contributed by atoms with E-state index in [1.54, 1.807) is 0 Å². The average Bonchev–Trinajstić information content (AvgIpc) is 2.17. The molecule has 0 saturated carbocycles. The fraction of sp³-hybridized carbons (Fsp3) is 0.833. The Balaban J connectivity index is 2.34. The molecule has 6 nitrogen and oxygen atoms in total. The quantitative estimate of drug-likeness (QED) is 0.413. The fourth-order valence-electron chi connectivity index (χ4n) is 2.04. The SMILES string of the molecule is CC1(C)CC(=O)N(CCCCOS(C)(=O)=O)C(=O)C1. The second-order valence-corrected chi connectivity index (χ2v) is 7.33. The van der Waals surface area contributed by atoms with E-state index in [2.05, 4.69) is 4.18 Å². The summed E-state index contributed by atoms with van der Waals surface area (Å²) in [4.78, 5) is 24.9. The third kappa shape index (κ3) is 5.69. The molecule has 1 aliphatic rings. The number of amides is 2. The largest absolute Gasteiger partial charge is 0.283 e. The molecule has 0 aromatic carbocycles. The highest BCUT2D eigenvalue weighted by Gasteiger charge is 2.36. The van der Waals surface area contributed by atoms with Crippen LogP contribution in [0.1, 0.15) is 39.5 Å². The van der Waals surface area contributed by atoms with E-state index in [-0.39, 0.29) is 23.8 Å². The highest BCUT2D eigenvalue weighted by Crippen LogP contribution is 2.31. The molecule has 0 unspecified atom stereocenters. The molecule has 1 heterocycles. The Kier molecular flexibility index (Phi) is 5.09. The Morgan fingerprint density at radius 1 is 1.16 bits per heavy atom. The second-order valence-electron chi connectivity index (χ2n) is 5.69. The maximum atomic E-state index is 11.8. The Labute approximate surface area is 114 Å². The van der Waals surface area contributed by atoms with Gasteiger partial charge in [-0.25, -0.2) is 0 Å². The second kappa shape index (κ2) is 6.00. The van der Waals surface area contributed by atoms with Crippen LogP contribution in [0.2, 0.25) is 0 Å². The molecule has 0 aliphatic carbocycles. The highest BCUT2D eigenvalue weighted by atomic mass is 32.2. The van der Waals surface area contributed by atoms with Gasteiger partial charge in [0.1, 0.15) is 0 Å². The van der Waals surface area contributed by atoms with E-state index >= 15 is 0 Å². The third-order valence-corrected chi connectivity index (χ3v) is 3.53. The Morgan fingerprint density at radius 3 is 2.16 bits per heavy atom. The minimum Gasteiger partial charge on any atom is -0.283 e. The van der Waals surface area contributed by atoms with Crippen LogP contribution in [0.3, 0.4) is 0 Å². The van der Waals surface area contributed by atoms with E-state index < -0.39 is 10.1 Å². The van der Waals surface area contributed by atoms with Crippen molar-refractivity contribution in [2.45, 2.75) is 39.5 Å². The monoisotopic (exact) mass is 291 g/mol. The lowest BCUT2D eigenvalue weighted by Gasteiger charge is -2.34. The fourth-order valence-corrected chi connectivity index (χ4v) is 2.46. The molecule has 0 radical (unpaired) electrons. The number of likely N-dealkylation sites (tertiary alicyclic amines) is 1. The van der Waals surface area contributed by atoms with Crippen LogP contribution < -0.4 is 0 Å². The molecule has 19 heavy (non-hydrogen) atoms. The van der Waals surface area contributed by atoms with Gasteiger partial charge in [-0.1, -0.05) is 13.8 Å². The van der Waals surface area contributed by atoms with Gasteiger partial charge in [0.15, 0.2) is 0 Å². The van der Waals surface area contributed by atoms with Crippen LogP contribution >= 0.6 is 0 Å². The van der Waals surface area contributed by atoms with Crippen LogP contribution in [-0.2, 0) is 23.9 Å². The molecular weight excluding hydrogens is 270 g/mol. The van der Waals surface area contributed by atoms with Crippen LogP contribution in [0.4, 0.5) is 0 Å². The van der Waals surface area contributed by atoms with Gasteiger partial charge >= 0.3 is 0 Å². The number of carbonyl (C=O) groups excluding carboxylic acids is 2. The molecule has 2 amide bonds. The van der Waals surface area contributed by atoms with Crippen molar-refractivity contribution >= 4 is 21.9 Å². The summed E-state index contributed by atoms with van der Waals surface area (Å²) in [5.74, 6) is -0.296. The molecule has 0 bridgehead atoms. The van der Waals surface area contributed by atoms with Crippen molar-refractivity contribution in [1.29, 1.82) is 0 Å². The van der Waals surface area contributed by atoms with E-state index in [1.807, 2.05) is 13.8 Å². The molecule has 0 aromatic heterocycles. The number of unbranched alkanes of at least 4 members (excludes halogenated alkanes) is 1. The summed E-state index contributed by atoms with van der Waals surface area (Å²) in [5, 5.41) is 0. The molecular formula is C12H21NO5S. The molecule has 1 fully saturated rings. The molecule has 0 atom stereocenters. The summed E-state index contributed by atoms with van der Waals surface area (Å²) < 4.78 is 26.1. The van der Waals surface area contributed by atoms with E-state index in [0.29, 0.717) is 32.2 Å². The van der Waals surface area contributed by atoms with Crippen LogP contribution in [0.25, 0.3) is 0 Å². The van der Waals surface area contributed by atoms with Gasteiger partial charge in [0.05, 0.1) is 12.9 Å². The van der Waals surface area contributed by atoms with Crippen LogP contribution in [0.15, 0.2) is 0 Å². The van der Waals surface area contributed by atoms with Gasteiger partial charge in [-0.05, 0) is 18.3 Å². The van der Waals surface area contributed by atoms with Gasteiger partial charge in [-0.15, -0.1) is 0 Å². The van der Waals surface area contributed by atoms with Crippen LogP contribution in [0, 0.1) is 5.41 Å². The Morgan fingerprint density at radius 2 is 1.68 bits per heavy atom. The zero-order chi connectivity index (χ0) is 14.7. The van der Waals surface area contributed by atoms with Crippen LogP contribution in [-0.4, -0.2) is 44.5 Å². The summed E-state index contributed by atoms with van der Waals surface area (Å²) >= 11 is 0. The first-order valence-corrected chi connectivity index (χ1v) is 8.10. The van der Waals surface area contributed by atoms with Crippen molar-refractivity contribution in [3.05, 3.63) is 0 Å². The smallest absolute Gasteiger partial charge is 0.264 e. The van der Waals surface area contributed by atoms with Gasteiger partial charge in [-0.3, -0.25) is 18.7 Å². The summed E-state index contributed by atoms with van der Waals surface area (Å²) in [6, 6.07) is 0. The lowest BCUT2D eigenvalue weighted by atomic mass is 9.82.